The topological polar surface area (TPSA) is 74.5 Å². The Morgan fingerprint density at radius 3 is 2.67 bits per heavy atom. The van der Waals surface area contributed by atoms with Crippen molar-refractivity contribution < 1.29 is 18.8 Å². The smallest absolute Gasteiger partial charge is 0.338 e. The number of hydrogen-bond donors (Lipinski definition) is 0. The highest BCUT2D eigenvalue weighted by atomic mass is 35.5. The highest BCUT2D eigenvalue weighted by Gasteiger charge is 2.14. The predicted molar refractivity (Wildman–Crippen MR) is 86.9 cm³/mol. The highest BCUT2D eigenvalue weighted by molar-refractivity contribution is 6.30. The molecule has 0 aliphatic heterocycles. The van der Waals surface area contributed by atoms with Crippen LogP contribution in [0.2, 0.25) is 5.02 Å². The lowest BCUT2D eigenvalue weighted by Crippen LogP contribution is -2.05. The number of rotatable bonds is 5. The number of methoxy groups -OCH3 is 1. The molecule has 3 aromatic rings. The van der Waals surface area contributed by atoms with Crippen LogP contribution in [0, 0.1) is 0 Å². The van der Waals surface area contributed by atoms with Crippen molar-refractivity contribution in [3.8, 4) is 17.1 Å². The zero-order valence-corrected chi connectivity index (χ0v) is 13.5. The maximum absolute atomic E-state index is 11.9. The summed E-state index contributed by atoms with van der Waals surface area (Å²) in [5.41, 5.74) is 1.09. The molecule has 0 unspecified atom stereocenters. The summed E-state index contributed by atoms with van der Waals surface area (Å²) in [6, 6.07) is 13.7. The van der Waals surface area contributed by atoms with E-state index in [9.17, 15) is 4.79 Å². The van der Waals surface area contributed by atoms with Gasteiger partial charge in [-0.3, -0.25) is 0 Å². The SMILES string of the molecule is COc1ccccc1-c1noc(COC(=O)c2ccc(Cl)cc2)n1. The van der Waals surface area contributed by atoms with Gasteiger partial charge in [0.05, 0.1) is 18.2 Å². The van der Waals surface area contributed by atoms with Crippen LogP contribution in [0.4, 0.5) is 0 Å². The molecule has 2 aromatic carbocycles. The average Bonchev–Trinajstić information content (AvgIpc) is 3.09. The molecule has 0 saturated heterocycles. The third kappa shape index (κ3) is 3.55. The maximum Gasteiger partial charge on any atom is 0.338 e. The van der Waals surface area contributed by atoms with Gasteiger partial charge in [0.1, 0.15) is 5.75 Å². The van der Waals surface area contributed by atoms with Crippen LogP contribution in [0.5, 0.6) is 5.75 Å². The summed E-state index contributed by atoms with van der Waals surface area (Å²) in [6.45, 7) is -0.121. The Hall–Kier alpha value is -2.86. The second kappa shape index (κ2) is 7.14. The third-order valence-corrected chi connectivity index (χ3v) is 3.47. The summed E-state index contributed by atoms with van der Waals surface area (Å²) in [7, 11) is 1.56. The van der Waals surface area contributed by atoms with E-state index in [1.54, 1.807) is 37.4 Å². The number of hydrogen-bond acceptors (Lipinski definition) is 6. The van der Waals surface area contributed by atoms with Crippen molar-refractivity contribution in [1.82, 2.24) is 10.1 Å². The van der Waals surface area contributed by atoms with Gasteiger partial charge in [-0.15, -0.1) is 0 Å². The molecular weight excluding hydrogens is 332 g/mol. The molecule has 1 heterocycles. The van der Waals surface area contributed by atoms with Crippen LogP contribution in [0.1, 0.15) is 16.2 Å². The Bertz CT molecular complexity index is 846. The number of benzene rings is 2. The van der Waals surface area contributed by atoms with Gasteiger partial charge in [-0.2, -0.15) is 4.98 Å². The van der Waals surface area contributed by atoms with Crippen LogP contribution in [-0.4, -0.2) is 23.2 Å². The zero-order chi connectivity index (χ0) is 16.9. The van der Waals surface area contributed by atoms with E-state index < -0.39 is 5.97 Å². The van der Waals surface area contributed by atoms with Crippen molar-refractivity contribution >= 4 is 17.6 Å². The molecule has 6 nitrogen and oxygen atoms in total. The number of carbonyl (C=O) groups is 1. The molecule has 1 aromatic heterocycles. The second-order valence-electron chi connectivity index (χ2n) is 4.80. The minimum Gasteiger partial charge on any atom is -0.496 e. The molecule has 24 heavy (non-hydrogen) atoms. The molecule has 0 fully saturated rings. The molecule has 0 aliphatic rings. The van der Waals surface area contributed by atoms with Gasteiger partial charge in [-0.05, 0) is 36.4 Å². The number of aromatic nitrogens is 2. The molecule has 0 aliphatic carbocycles. The first-order chi connectivity index (χ1) is 11.7. The van der Waals surface area contributed by atoms with Gasteiger partial charge in [0, 0.05) is 5.02 Å². The van der Waals surface area contributed by atoms with E-state index >= 15 is 0 Å². The van der Waals surface area contributed by atoms with Crippen molar-refractivity contribution in [2.24, 2.45) is 0 Å². The van der Waals surface area contributed by atoms with Crippen LogP contribution in [0.25, 0.3) is 11.4 Å². The first-order valence-corrected chi connectivity index (χ1v) is 7.44. The largest absolute Gasteiger partial charge is 0.496 e. The van der Waals surface area contributed by atoms with Gasteiger partial charge < -0.3 is 14.0 Å². The fraction of sp³-hybridized carbons (Fsp3) is 0.118. The number of ether oxygens (including phenoxy) is 2. The summed E-state index contributed by atoms with van der Waals surface area (Å²) in [6.07, 6.45) is 0. The van der Waals surface area contributed by atoms with Crippen LogP contribution >= 0.6 is 11.6 Å². The average molecular weight is 345 g/mol. The minimum atomic E-state index is -0.497. The lowest BCUT2D eigenvalue weighted by Gasteiger charge is -2.03. The lowest BCUT2D eigenvalue weighted by atomic mass is 10.2. The molecule has 0 saturated carbocycles. The van der Waals surface area contributed by atoms with E-state index in [1.807, 2.05) is 18.2 Å². The Balaban J connectivity index is 1.68. The standard InChI is InChI=1S/C17H13ClN2O4/c1-22-14-5-3-2-4-13(14)16-19-15(24-20-16)10-23-17(21)11-6-8-12(18)9-7-11/h2-9H,10H2,1H3. The lowest BCUT2D eigenvalue weighted by molar-refractivity contribution is 0.0430. The van der Waals surface area contributed by atoms with Crippen LogP contribution < -0.4 is 4.74 Å². The Labute approximate surface area is 143 Å². The van der Waals surface area contributed by atoms with Gasteiger partial charge >= 0.3 is 5.97 Å². The van der Waals surface area contributed by atoms with E-state index in [1.165, 1.54) is 0 Å². The number of para-hydroxylation sites is 1. The highest BCUT2D eigenvalue weighted by Crippen LogP contribution is 2.27. The molecule has 0 amide bonds. The van der Waals surface area contributed by atoms with E-state index in [4.69, 9.17) is 25.6 Å². The number of halogens is 1. The van der Waals surface area contributed by atoms with E-state index in [2.05, 4.69) is 10.1 Å². The van der Waals surface area contributed by atoms with E-state index in [-0.39, 0.29) is 12.5 Å². The monoisotopic (exact) mass is 344 g/mol. The molecule has 3 rings (SSSR count). The minimum absolute atomic E-state index is 0.121. The van der Waals surface area contributed by atoms with Crippen molar-refractivity contribution in [1.29, 1.82) is 0 Å². The van der Waals surface area contributed by atoms with Crippen LogP contribution in [0.3, 0.4) is 0 Å². The fourth-order valence-corrected chi connectivity index (χ4v) is 2.17. The number of carbonyl (C=O) groups excluding carboxylic acids is 1. The van der Waals surface area contributed by atoms with Crippen molar-refractivity contribution in [3.63, 3.8) is 0 Å². The maximum atomic E-state index is 11.9. The molecule has 0 spiro atoms. The van der Waals surface area contributed by atoms with Crippen molar-refractivity contribution in [2.75, 3.05) is 7.11 Å². The van der Waals surface area contributed by atoms with Crippen LogP contribution in [-0.2, 0) is 11.3 Å². The number of nitrogens with zero attached hydrogens (tertiary/aromatic N) is 2. The number of esters is 1. The zero-order valence-electron chi connectivity index (χ0n) is 12.7. The summed E-state index contributed by atoms with van der Waals surface area (Å²) in [5.74, 6) is 0.690. The summed E-state index contributed by atoms with van der Waals surface area (Å²) < 4.78 is 15.5. The molecule has 7 heteroatoms. The second-order valence-corrected chi connectivity index (χ2v) is 5.23. The van der Waals surface area contributed by atoms with Crippen LogP contribution in [0.15, 0.2) is 53.1 Å². The molecule has 0 bridgehead atoms. The predicted octanol–water partition coefficient (Wildman–Crippen LogP) is 3.76. The first kappa shape index (κ1) is 16.0. The summed E-state index contributed by atoms with van der Waals surface area (Å²) in [5, 5.41) is 4.43. The molecule has 0 radical (unpaired) electrons. The van der Waals surface area contributed by atoms with E-state index in [0.717, 1.165) is 0 Å². The quantitative estimate of drug-likeness (QED) is 0.656. The molecule has 0 N–H and O–H groups in total. The van der Waals surface area contributed by atoms with Crippen molar-refractivity contribution in [3.05, 3.63) is 65.0 Å². The Morgan fingerprint density at radius 2 is 1.92 bits per heavy atom. The Kier molecular flexibility index (Phi) is 4.77. The fourth-order valence-electron chi connectivity index (χ4n) is 2.05. The molecule has 0 atom stereocenters. The normalized spacial score (nSPS) is 10.4. The van der Waals surface area contributed by atoms with Gasteiger partial charge in [0.15, 0.2) is 6.61 Å². The molecular formula is C17H13ClN2O4. The third-order valence-electron chi connectivity index (χ3n) is 3.22. The van der Waals surface area contributed by atoms with Gasteiger partial charge in [-0.25, -0.2) is 4.79 Å². The summed E-state index contributed by atoms with van der Waals surface area (Å²) in [4.78, 5) is 16.1. The summed E-state index contributed by atoms with van der Waals surface area (Å²) >= 11 is 5.78. The molecule has 122 valence electrons. The van der Waals surface area contributed by atoms with E-state index in [0.29, 0.717) is 27.7 Å². The van der Waals surface area contributed by atoms with Gasteiger partial charge in [0.2, 0.25) is 5.82 Å². The Morgan fingerprint density at radius 1 is 1.17 bits per heavy atom. The van der Waals surface area contributed by atoms with Gasteiger partial charge in [-0.1, -0.05) is 28.9 Å². The van der Waals surface area contributed by atoms with Gasteiger partial charge in [0.25, 0.3) is 5.89 Å². The first-order valence-electron chi connectivity index (χ1n) is 7.06. The van der Waals surface area contributed by atoms with Crippen molar-refractivity contribution in [2.45, 2.75) is 6.61 Å².